The second-order valence-corrected chi connectivity index (χ2v) is 3.47. The average molecular weight is 166 g/mol. The maximum atomic E-state index is 5.07. The van der Waals surface area contributed by atoms with Gasteiger partial charge in [-0.3, -0.25) is 0 Å². The molecule has 0 saturated heterocycles. The Morgan fingerprint density at radius 2 is 1.92 bits per heavy atom. The Hall–Kier alpha value is -0.860. The van der Waals surface area contributed by atoms with Crippen molar-refractivity contribution in [1.29, 1.82) is 0 Å². The Bertz CT molecular complexity index is 212. The van der Waals surface area contributed by atoms with Gasteiger partial charge >= 0.3 is 0 Å². The number of rotatable bonds is 1. The fourth-order valence-corrected chi connectivity index (χ4v) is 1.89. The molecular formula is C9H14N2O. The number of nitrogens with zero attached hydrogens (tertiary/aromatic N) is 2. The molecule has 1 heterocycles. The topological polar surface area (TPSA) is 38.9 Å². The molecule has 0 bridgehead atoms. The van der Waals surface area contributed by atoms with E-state index in [0.717, 1.165) is 5.89 Å². The highest BCUT2D eigenvalue weighted by Gasteiger charge is 2.18. The van der Waals surface area contributed by atoms with Crippen LogP contribution in [-0.4, -0.2) is 10.1 Å². The quantitative estimate of drug-likeness (QED) is 0.602. The van der Waals surface area contributed by atoms with Crippen molar-refractivity contribution in [2.45, 2.75) is 44.4 Å². The van der Waals surface area contributed by atoms with Crippen molar-refractivity contribution in [2.24, 2.45) is 0 Å². The maximum absolute atomic E-state index is 5.07. The van der Waals surface area contributed by atoms with E-state index in [4.69, 9.17) is 4.52 Å². The van der Waals surface area contributed by atoms with Crippen LogP contribution in [0.2, 0.25) is 0 Å². The number of aromatic nitrogens is 2. The van der Waals surface area contributed by atoms with Crippen molar-refractivity contribution in [3.8, 4) is 0 Å². The first-order chi connectivity index (χ1) is 5.97. The molecule has 0 unspecified atom stereocenters. The minimum atomic E-state index is 0.537. The van der Waals surface area contributed by atoms with Gasteiger partial charge in [0.25, 0.3) is 0 Å². The molecule has 0 spiro atoms. The molecule has 0 N–H and O–H groups in total. The summed E-state index contributed by atoms with van der Waals surface area (Å²) in [4.78, 5) is 4.10. The summed E-state index contributed by atoms with van der Waals surface area (Å²) >= 11 is 0. The minimum absolute atomic E-state index is 0.537. The van der Waals surface area contributed by atoms with E-state index in [1.807, 2.05) is 0 Å². The third-order valence-electron chi connectivity index (χ3n) is 2.58. The fraction of sp³-hybridized carbons (Fsp3) is 0.778. The summed E-state index contributed by atoms with van der Waals surface area (Å²) in [6.07, 6.45) is 9.31. The van der Waals surface area contributed by atoms with Crippen molar-refractivity contribution >= 4 is 0 Å². The standard InChI is InChI=1S/C9H14N2O/c1-2-4-6-8(5-3-1)9-10-7-11-12-9/h7-8H,1-6H2. The van der Waals surface area contributed by atoms with E-state index in [1.165, 1.54) is 44.9 Å². The Balaban J connectivity index is 2.02. The van der Waals surface area contributed by atoms with Crippen LogP contribution in [-0.2, 0) is 0 Å². The molecule has 1 aliphatic carbocycles. The smallest absolute Gasteiger partial charge is 0.229 e. The summed E-state index contributed by atoms with van der Waals surface area (Å²) in [6.45, 7) is 0. The van der Waals surface area contributed by atoms with Crippen molar-refractivity contribution < 1.29 is 4.52 Å². The van der Waals surface area contributed by atoms with Gasteiger partial charge < -0.3 is 4.52 Å². The molecule has 1 aromatic rings. The zero-order chi connectivity index (χ0) is 8.23. The molecule has 3 heteroatoms. The summed E-state index contributed by atoms with van der Waals surface area (Å²) in [5.74, 6) is 1.38. The van der Waals surface area contributed by atoms with E-state index in [1.54, 1.807) is 0 Å². The molecule has 0 atom stereocenters. The van der Waals surface area contributed by atoms with Gasteiger partial charge in [-0.15, -0.1) is 0 Å². The van der Waals surface area contributed by atoms with Crippen LogP contribution in [0.1, 0.15) is 50.3 Å². The first kappa shape index (κ1) is 7.77. The first-order valence-electron chi connectivity index (χ1n) is 4.73. The van der Waals surface area contributed by atoms with Crippen LogP contribution in [0.15, 0.2) is 10.9 Å². The predicted octanol–water partition coefficient (Wildman–Crippen LogP) is 2.51. The summed E-state index contributed by atoms with van der Waals surface area (Å²) in [5, 5.41) is 3.64. The van der Waals surface area contributed by atoms with Gasteiger partial charge in [-0.25, -0.2) is 0 Å². The molecule has 3 nitrogen and oxygen atoms in total. The summed E-state index contributed by atoms with van der Waals surface area (Å²) in [6, 6.07) is 0. The highest BCUT2D eigenvalue weighted by Crippen LogP contribution is 2.29. The Kier molecular flexibility index (Phi) is 2.39. The lowest BCUT2D eigenvalue weighted by Crippen LogP contribution is -1.96. The normalized spacial score (nSPS) is 20.7. The second kappa shape index (κ2) is 3.70. The molecule has 1 aliphatic rings. The van der Waals surface area contributed by atoms with Gasteiger partial charge in [-0.2, -0.15) is 4.98 Å². The van der Waals surface area contributed by atoms with Crippen LogP contribution >= 0.6 is 0 Å². The maximum Gasteiger partial charge on any atom is 0.229 e. The van der Waals surface area contributed by atoms with Gasteiger partial charge in [-0.1, -0.05) is 30.8 Å². The minimum Gasteiger partial charge on any atom is -0.339 e. The highest BCUT2D eigenvalue weighted by atomic mass is 16.5. The monoisotopic (exact) mass is 166 g/mol. The third-order valence-corrected chi connectivity index (χ3v) is 2.58. The lowest BCUT2D eigenvalue weighted by molar-refractivity contribution is 0.340. The van der Waals surface area contributed by atoms with Crippen molar-refractivity contribution in [1.82, 2.24) is 10.1 Å². The lowest BCUT2D eigenvalue weighted by Gasteiger charge is -2.06. The average Bonchev–Trinajstić information content (AvgIpc) is 2.48. The Labute approximate surface area is 72.2 Å². The molecule has 1 fully saturated rings. The second-order valence-electron chi connectivity index (χ2n) is 3.47. The Morgan fingerprint density at radius 3 is 2.50 bits per heavy atom. The number of hydrogen-bond donors (Lipinski definition) is 0. The molecule has 1 aromatic heterocycles. The van der Waals surface area contributed by atoms with Crippen LogP contribution in [0.5, 0.6) is 0 Å². The van der Waals surface area contributed by atoms with E-state index in [2.05, 4.69) is 10.1 Å². The molecule has 66 valence electrons. The van der Waals surface area contributed by atoms with E-state index >= 15 is 0 Å². The first-order valence-corrected chi connectivity index (χ1v) is 4.73. The van der Waals surface area contributed by atoms with Crippen LogP contribution in [0.25, 0.3) is 0 Å². The SMILES string of the molecule is c1noc(C2CCCCCC2)n1. The predicted molar refractivity (Wildman–Crippen MR) is 44.7 cm³/mol. The van der Waals surface area contributed by atoms with E-state index in [9.17, 15) is 0 Å². The molecule has 2 rings (SSSR count). The highest BCUT2D eigenvalue weighted by molar-refractivity contribution is 4.89. The largest absolute Gasteiger partial charge is 0.339 e. The van der Waals surface area contributed by atoms with Crippen LogP contribution in [0.3, 0.4) is 0 Å². The zero-order valence-corrected chi connectivity index (χ0v) is 7.20. The van der Waals surface area contributed by atoms with Crippen LogP contribution in [0, 0.1) is 0 Å². The summed E-state index contributed by atoms with van der Waals surface area (Å²) in [5.41, 5.74) is 0. The van der Waals surface area contributed by atoms with Gasteiger partial charge in [-0.05, 0) is 12.8 Å². The van der Waals surface area contributed by atoms with Gasteiger partial charge in [0.05, 0.1) is 0 Å². The molecular weight excluding hydrogens is 152 g/mol. The van der Waals surface area contributed by atoms with Crippen molar-refractivity contribution in [2.75, 3.05) is 0 Å². The van der Waals surface area contributed by atoms with Gasteiger partial charge in [0.2, 0.25) is 5.89 Å². The molecule has 0 aliphatic heterocycles. The van der Waals surface area contributed by atoms with Crippen molar-refractivity contribution in [3.63, 3.8) is 0 Å². The summed E-state index contributed by atoms with van der Waals surface area (Å²) in [7, 11) is 0. The molecule has 1 saturated carbocycles. The number of hydrogen-bond acceptors (Lipinski definition) is 3. The Morgan fingerprint density at radius 1 is 1.17 bits per heavy atom. The third kappa shape index (κ3) is 1.65. The molecule has 12 heavy (non-hydrogen) atoms. The molecule has 0 radical (unpaired) electrons. The van der Waals surface area contributed by atoms with E-state index < -0.39 is 0 Å². The molecule has 0 amide bonds. The van der Waals surface area contributed by atoms with Crippen molar-refractivity contribution in [3.05, 3.63) is 12.2 Å². The lowest BCUT2D eigenvalue weighted by atomic mass is 10.0. The van der Waals surface area contributed by atoms with Gasteiger partial charge in [0.1, 0.15) is 0 Å². The van der Waals surface area contributed by atoms with Gasteiger partial charge in [0.15, 0.2) is 6.33 Å². The van der Waals surface area contributed by atoms with E-state index in [-0.39, 0.29) is 0 Å². The zero-order valence-electron chi connectivity index (χ0n) is 7.20. The van der Waals surface area contributed by atoms with Gasteiger partial charge in [0, 0.05) is 5.92 Å². The summed E-state index contributed by atoms with van der Waals surface area (Å²) < 4.78 is 5.07. The van der Waals surface area contributed by atoms with E-state index in [0.29, 0.717) is 5.92 Å². The van der Waals surface area contributed by atoms with Crippen LogP contribution < -0.4 is 0 Å². The molecule has 0 aromatic carbocycles. The fourth-order valence-electron chi connectivity index (χ4n) is 1.89. The van der Waals surface area contributed by atoms with Crippen LogP contribution in [0.4, 0.5) is 0 Å².